The van der Waals surface area contributed by atoms with E-state index < -0.39 is 5.41 Å². The van der Waals surface area contributed by atoms with E-state index in [4.69, 9.17) is 0 Å². The molecule has 21 heavy (non-hydrogen) atoms. The molecule has 0 aliphatic rings. The highest BCUT2D eigenvalue weighted by Gasteiger charge is 2.21. The summed E-state index contributed by atoms with van der Waals surface area (Å²) in [4.78, 5) is 16.1. The van der Waals surface area contributed by atoms with Gasteiger partial charge >= 0.3 is 0 Å². The van der Waals surface area contributed by atoms with Crippen LogP contribution in [0.1, 0.15) is 26.3 Å². The first-order chi connectivity index (χ1) is 9.84. The second kappa shape index (κ2) is 5.95. The van der Waals surface area contributed by atoms with Crippen molar-refractivity contribution in [2.45, 2.75) is 27.7 Å². The Morgan fingerprint density at radius 1 is 1.00 bits per heavy atom. The minimum absolute atomic E-state index is 0.0470. The zero-order chi connectivity index (χ0) is 15.5. The first-order valence-corrected chi connectivity index (χ1v) is 6.96. The van der Waals surface area contributed by atoms with Crippen LogP contribution in [0.4, 0.5) is 17.2 Å². The molecule has 2 aromatic rings. The maximum absolute atomic E-state index is 11.9. The van der Waals surface area contributed by atoms with Gasteiger partial charge in [0.2, 0.25) is 5.91 Å². The first-order valence-electron chi connectivity index (χ1n) is 6.96. The molecule has 0 saturated carbocycles. The monoisotopic (exact) mass is 283 g/mol. The number of amides is 1. The summed E-state index contributed by atoms with van der Waals surface area (Å²) >= 11 is 0. The topological polar surface area (TPSA) is 54.0 Å². The van der Waals surface area contributed by atoms with Gasteiger partial charge in [-0.3, -0.25) is 4.79 Å². The molecule has 0 fully saturated rings. The number of rotatable bonds is 3. The molecular formula is C17H21N3O. The average Bonchev–Trinajstić information content (AvgIpc) is 2.42. The van der Waals surface area contributed by atoms with E-state index in [9.17, 15) is 4.79 Å². The summed E-state index contributed by atoms with van der Waals surface area (Å²) in [6.45, 7) is 7.67. The maximum atomic E-state index is 11.9. The van der Waals surface area contributed by atoms with E-state index in [1.807, 2.05) is 51.1 Å². The SMILES string of the molecule is Cc1ccc(Nc2ccc(NC(=O)C(C)(C)C)nc2)cc1. The molecule has 4 nitrogen and oxygen atoms in total. The lowest BCUT2D eigenvalue weighted by molar-refractivity contribution is -0.123. The van der Waals surface area contributed by atoms with Gasteiger partial charge in [0, 0.05) is 11.1 Å². The van der Waals surface area contributed by atoms with Crippen LogP contribution in [0.25, 0.3) is 0 Å². The number of nitrogens with one attached hydrogen (secondary N) is 2. The zero-order valence-electron chi connectivity index (χ0n) is 12.9. The first kappa shape index (κ1) is 15.0. The van der Waals surface area contributed by atoms with E-state index in [-0.39, 0.29) is 5.91 Å². The van der Waals surface area contributed by atoms with Gasteiger partial charge in [0.05, 0.1) is 11.9 Å². The molecule has 0 radical (unpaired) electrons. The molecule has 0 atom stereocenters. The van der Waals surface area contributed by atoms with E-state index in [2.05, 4.69) is 22.5 Å². The number of hydrogen-bond acceptors (Lipinski definition) is 3. The van der Waals surface area contributed by atoms with Crippen LogP contribution in [0.5, 0.6) is 0 Å². The summed E-state index contributed by atoms with van der Waals surface area (Å²) in [5.74, 6) is 0.513. The van der Waals surface area contributed by atoms with Crippen molar-refractivity contribution in [2.75, 3.05) is 10.6 Å². The lowest BCUT2D eigenvalue weighted by Crippen LogP contribution is -2.27. The summed E-state index contributed by atoms with van der Waals surface area (Å²) < 4.78 is 0. The molecule has 2 N–H and O–H groups in total. The van der Waals surface area contributed by atoms with Gasteiger partial charge in [-0.2, -0.15) is 0 Å². The second-order valence-electron chi connectivity index (χ2n) is 6.13. The highest BCUT2D eigenvalue weighted by molar-refractivity contribution is 5.93. The summed E-state index contributed by atoms with van der Waals surface area (Å²) in [5.41, 5.74) is 2.68. The van der Waals surface area contributed by atoms with Gasteiger partial charge in [0.1, 0.15) is 5.82 Å². The van der Waals surface area contributed by atoms with Crippen LogP contribution < -0.4 is 10.6 Å². The van der Waals surface area contributed by atoms with Crippen molar-refractivity contribution >= 4 is 23.1 Å². The summed E-state index contributed by atoms with van der Waals surface area (Å²) in [6.07, 6.45) is 1.71. The molecule has 4 heteroatoms. The largest absolute Gasteiger partial charge is 0.354 e. The fraction of sp³-hybridized carbons (Fsp3) is 0.294. The van der Waals surface area contributed by atoms with Gasteiger partial charge in [-0.25, -0.2) is 4.98 Å². The van der Waals surface area contributed by atoms with Crippen molar-refractivity contribution in [1.29, 1.82) is 0 Å². The van der Waals surface area contributed by atoms with Crippen LogP contribution in [0.2, 0.25) is 0 Å². The lowest BCUT2D eigenvalue weighted by Gasteiger charge is -2.17. The maximum Gasteiger partial charge on any atom is 0.230 e. The Morgan fingerprint density at radius 3 is 2.14 bits per heavy atom. The Labute approximate surface area is 125 Å². The molecule has 0 bridgehead atoms. The van der Waals surface area contributed by atoms with Crippen molar-refractivity contribution in [3.05, 3.63) is 48.2 Å². The van der Waals surface area contributed by atoms with Gasteiger partial charge in [-0.15, -0.1) is 0 Å². The molecule has 0 saturated heterocycles. The number of nitrogens with zero attached hydrogens (tertiary/aromatic N) is 1. The van der Waals surface area contributed by atoms with Crippen molar-refractivity contribution in [1.82, 2.24) is 4.98 Å². The van der Waals surface area contributed by atoms with Crippen molar-refractivity contribution in [2.24, 2.45) is 5.41 Å². The van der Waals surface area contributed by atoms with Crippen molar-refractivity contribution in [3.63, 3.8) is 0 Å². The van der Waals surface area contributed by atoms with E-state index in [1.54, 1.807) is 12.3 Å². The molecule has 1 aromatic carbocycles. The molecule has 1 heterocycles. The Hall–Kier alpha value is -2.36. The number of carbonyl (C=O) groups excluding carboxylic acids is 1. The Bertz CT molecular complexity index is 610. The van der Waals surface area contributed by atoms with E-state index >= 15 is 0 Å². The van der Waals surface area contributed by atoms with Gasteiger partial charge in [0.15, 0.2) is 0 Å². The Balaban J connectivity index is 2.02. The van der Waals surface area contributed by atoms with Crippen LogP contribution in [0, 0.1) is 12.3 Å². The molecule has 0 unspecified atom stereocenters. The molecule has 0 spiro atoms. The van der Waals surface area contributed by atoms with Crippen LogP contribution >= 0.6 is 0 Å². The number of carbonyl (C=O) groups is 1. The molecule has 110 valence electrons. The quantitative estimate of drug-likeness (QED) is 0.891. The highest BCUT2D eigenvalue weighted by Crippen LogP contribution is 2.19. The van der Waals surface area contributed by atoms with Crippen LogP contribution in [-0.2, 0) is 4.79 Å². The number of benzene rings is 1. The fourth-order valence-electron chi connectivity index (χ4n) is 1.65. The third-order valence-electron chi connectivity index (χ3n) is 3.03. The van der Waals surface area contributed by atoms with Crippen LogP contribution in [0.3, 0.4) is 0 Å². The predicted molar refractivity (Wildman–Crippen MR) is 86.8 cm³/mol. The second-order valence-corrected chi connectivity index (χ2v) is 6.13. The minimum Gasteiger partial charge on any atom is -0.354 e. The predicted octanol–water partition coefficient (Wildman–Crippen LogP) is 4.12. The van der Waals surface area contributed by atoms with Gasteiger partial charge < -0.3 is 10.6 Å². The van der Waals surface area contributed by atoms with E-state index in [0.717, 1.165) is 11.4 Å². The number of aryl methyl sites for hydroxylation is 1. The number of pyridine rings is 1. The van der Waals surface area contributed by atoms with Crippen molar-refractivity contribution < 1.29 is 4.79 Å². The smallest absolute Gasteiger partial charge is 0.230 e. The van der Waals surface area contributed by atoms with E-state index in [0.29, 0.717) is 5.82 Å². The average molecular weight is 283 g/mol. The lowest BCUT2D eigenvalue weighted by atomic mass is 9.96. The normalized spacial score (nSPS) is 11.0. The van der Waals surface area contributed by atoms with Gasteiger partial charge in [0.25, 0.3) is 0 Å². The number of hydrogen-bond donors (Lipinski definition) is 2. The van der Waals surface area contributed by atoms with Gasteiger partial charge in [-0.1, -0.05) is 38.5 Å². The molecule has 0 aliphatic heterocycles. The Morgan fingerprint density at radius 2 is 1.62 bits per heavy atom. The molecule has 2 rings (SSSR count). The summed E-state index contributed by atoms with van der Waals surface area (Å²) in [5, 5.41) is 6.07. The summed E-state index contributed by atoms with van der Waals surface area (Å²) in [6, 6.07) is 11.8. The minimum atomic E-state index is -0.430. The molecule has 1 amide bonds. The number of anilines is 3. The van der Waals surface area contributed by atoms with Crippen LogP contribution in [-0.4, -0.2) is 10.9 Å². The third kappa shape index (κ3) is 4.31. The molecule has 1 aromatic heterocycles. The third-order valence-corrected chi connectivity index (χ3v) is 3.03. The fourth-order valence-corrected chi connectivity index (χ4v) is 1.65. The summed E-state index contributed by atoms with van der Waals surface area (Å²) in [7, 11) is 0. The van der Waals surface area contributed by atoms with E-state index in [1.165, 1.54) is 5.56 Å². The standard InChI is InChI=1S/C17H21N3O/c1-12-5-7-13(8-6-12)19-14-9-10-15(18-11-14)20-16(21)17(2,3)4/h5-11,19H,1-4H3,(H,18,20,21). The Kier molecular flexibility index (Phi) is 4.26. The van der Waals surface area contributed by atoms with Crippen LogP contribution in [0.15, 0.2) is 42.6 Å². The van der Waals surface area contributed by atoms with Gasteiger partial charge in [-0.05, 0) is 31.2 Å². The zero-order valence-corrected chi connectivity index (χ0v) is 12.9. The van der Waals surface area contributed by atoms with Crippen molar-refractivity contribution in [3.8, 4) is 0 Å². The number of aromatic nitrogens is 1. The highest BCUT2D eigenvalue weighted by atomic mass is 16.2. The molecule has 0 aliphatic carbocycles. The molecular weight excluding hydrogens is 262 g/mol.